The maximum absolute atomic E-state index is 11.5. The van der Waals surface area contributed by atoms with Gasteiger partial charge in [-0.2, -0.15) is 11.8 Å². The Morgan fingerprint density at radius 2 is 2.38 bits per heavy atom. The average molecular weight is 264 g/mol. The van der Waals surface area contributed by atoms with Crippen molar-refractivity contribution in [2.24, 2.45) is 5.73 Å². The van der Waals surface area contributed by atoms with Crippen LogP contribution in [0.3, 0.4) is 0 Å². The van der Waals surface area contributed by atoms with Crippen LogP contribution in [0, 0.1) is 0 Å². The van der Waals surface area contributed by atoms with Crippen molar-refractivity contribution in [1.29, 1.82) is 0 Å². The molecule has 0 bridgehead atoms. The molecule has 2 atom stereocenters. The maximum atomic E-state index is 11.5. The Labute approximate surface area is 99.8 Å². The minimum Gasteiger partial charge on any atom is -0.347 e. The van der Waals surface area contributed by atoms with E-state index in [1.807, 2.05) is 6.26 Å². The number of rotatable bonds is 5. The minimum absolute atomic E-state index is 0.0615. The van der Waals surface area contributed by atoms with Crippen LogP contribution in [-0.2, 0) is 14.6 Å². The molecule has 7 heteroatoms. The second-order valence-electron chi connectivity index (χ2n) is 3.66. The van der Waals surface area contributed by atoms with Crippen LogP contribution in [0.1, 0.15) is 6.42 Å². The lowest BCUT2D eigenvalue weighted by Gasteiger charge is -2.14. The molecule has 0 radical (unpaired) electrons. The van der Waals surface area contributed by atoms with Crippen LogP contribution in [0.5, 0.6) is 0 Å². The van der Waals surface area contributed by atoms with E-state index in [0.717, 1.165) is 11.2 Å². The Bertz CT molecular complexity index is 378. The van der Waals surface area contributed by atoms with E-state index in [9.17, 15) is 13.2 Å². The first-order chi connectivity index (χ1) is 7.44. The molecule has 5 nitrogen and oxygen atoms in total. The molecule has 1 rings (SSSR count). The van der Waals surface area contributed by atoms with Gasteiger partial charge in [0.1, 0.15) is 0 Å². The lowest BCUT2D eigenvalue weighted by molar-refractivity contribution is -0.122. The fraction of sp³-hybridized carbons (Fsp3) is 0.667. The van der Waals surface area contributed by atoms with Crippen LogP contribution in [0.25, 0.3) is 0 Å². The number of hydrogen-bond acceptors (Lipinski definition) is 5. The highest BCUT2D eigenvalue weighted by Gasteiger charge is 2.24. The third-order valence-electron chi connectivity index (χ3n) is 2.23. The molecular weight excluding hydrogens is 248 g/mol. The molecule has 1 aliphatic heterocycles. The summed E-state index contributed by atoms with van der Waals surface area (Å²) >= 11 is 1.62. The molecular formula is C9H16N2O3S2. The van der Waals surface area contributed by atoms with Crippen LogP contribution in [0.2, 0.25) is 0 Å². The van der Waals surface area contributed by atoms with E-state index in [2.05, 4.69) is 5.32 Å². The lowest BCUT2D eigenvalue weighted by Crippen LogP contribution is -2.45. The first kappa shape index (κ1) is 13.5. The van der Waals surface area contributed by atoms with E-state index in [-0.39, 0.29) is 11.7 Å². The van der Waals surface area contributed by atoms with Gasteiger partial charge in [-0.25, -0.2) is 8.42 Å². The van der Waals surface area contributed by atoms with Crippen LogP contribution < -0.4 is 11.1 Å². The normalized spacial score (nSPS) is 24.2. The van der Waals surface area contributed by atoms with Crippen molar-refractivity contribution in [1.82, 2.24) is 5.32 Å². The summed E-state index contributed by atoms with van der Waals surface area (Å²) in [7, 11) is -3.12. The van der Waals surface area contributed by atoms with Gasteiger partial charge in [0.2, 0.25) is 5.91 Å². The van der Waals surface area contributed by atoms with Gasteiger partial charge in [-0.1, -0.05) is 0 Å². The van der Waals surface area contributed by atoms with Crippen molar-refractivity contribution in [3.8, 4) is 0 Å². The minimum atomic E-state index is -3.12. The van der Waals surface area contributed by atoms with E-state index in [4.69, 9.17) is 5.73 Å². The number of sulfone groups is 1. The first-order valence-corrected chi connectivity index (χ1v) is 8.01. The van der Waals surface area contributed by atoms with Crippen molar-refractivity contribution in [3.05, 3.63) is 11.5 Å². The van der Waals surface area contributed by atoms with Gasteiger partial charge in [-0.15, -0.1) is 0 Å². The first-order valence-electron chi connectivity index (χ1n) is 4.90. The largest absolute Gasteiger partial charge is 0.347 e. The summed E-state index contributed by atoms with van der Waals surface area (Å²) in [6.45, 7) is 0. The number of nitrogens with two attached hydrogens (primary N) is 1. The van der Waals surface area contributed by atoms with Crippen molar-refractivity contribution < 1.29 is 13.2 Å². The molecule has 0 spiro atoms. The molecule has 3 N–H and O–H groups in total. The zero-order valence-electron chi connectivity index (χ0n) is 9.05. The molecule has 16 heavy (non-hydrogen) atoms. The van der Waals surface area contributed by atoms with Crippen molar-refractivity contribution in [2.75, 3.05) is 17.8 Å². The number of amides is 1. The third kappa shape index (κ3) is 4.15. The average Bonchev–Trinajstić information content (AvgIpc) is 2.54. The number of nitrogens with one attached hydrogen (secondary N) is 1. The highest BCUT2D eigenvalue weighted by molar-refractivity contribution is 7.98. The number of carbonyl (C=O) groups is 1. The van der Waals surface area contributed by atoms with Crippen LogP contribution in [-0.4, -0.2) is 44.2 Å². The van der Waals surface area contributed by atoms with Crippen LogP contribution >= 0.6 is 11.8 Å². The molecule has 0 aromatic heterocycles. The van der Waals surface area contributed by atoms with Gasteiger partial charge in [0.15, 0.2) is 9.84 Å². The van der Waals surface area contributed by atoms with E-state index < -0.39 is 21.9 Å². The monoisotopic (exact) mass is 264 g/mol. The maximum Gasteiger partial charge on any atom is 0.237 e. The van der Waals surface area contributed by atoms with Gasteiger partial charge in [-0.05, 0) is 24.5 Å². The van der Waals surface area contributed by atoms with Crippen molar-refractivity contribution >= 4 is 27.5 Å². The van der Waals surface area contributed by atoms with Crippen molar-refractivity contribution in [2.45, 2.75) is 18.5 Å². The van der Waals surface area contributed by atoms with Crippen LogP contribution in [0.15, 0.2) is 11.5 Å². The zero-order valence-corrected chi connectivity index (χ0v) is 10.7. The Morgan fingerprint density at radius 3 is 2.88 bits per heavy atom. The summed E-state index contributed by atoms with van der Waals surface area (Å²) in [4.78, 5) is 11.5. The second kappa shape index (κ2) is 5.70. The summed E-state index contributed by atoms with van der Waals surface area (Å²) in [5.74, 6) is 0.460. The Balaban J connectivity index is 2.38. The summed E-state index contributed by atoms with van der Waals surface area (Å²) < 4.78 is 22.2. The smallest absolute Gasteiger partial charge is 0.237 e. The van der Waals surface area contributed by atoms with Gasteiger partial charge < -0.3 is 11.1 Å². The molecule has 1 amide bonds. The molecule has 1 aliphatic rings. The van der Waals surface area contributed by atoms with E-state index >= 15 is 0 Å². The van der Waals surface area contributed by atoms with Crippen LogP contribution in [0.4, 0.5) is 0 Å². The van der Waals surface area contributed by atoms with Gasteiger partial charge in [0.25, 0.3) is 0 Å². The predicted molar refractivity (Wildman–Crippen MR) is 65.8 cm³/mol. The molecule has 92 valence electrons. The highest BCUT2D eigenvalue weighted by atomic mass is 32.2. The molecule has 0 fully saturated rings. The fourth-order valence-electron chi connectivity index (χ4n) is 1.33. The lowest BCUT2D eigenvalue weighted by atomic mass is 10.2. The summed E-state index contributed by atoms with van der Waals surface area (Å²) in [6, 6.07) is -0.998. The summed E-state index contributed by atoms with van der Waals surface area (Å²) in [5.41, 5.74) is 5.65. The molecule has 0 saturated carbocycles. The topological polar surface area (TPSA) is 89.3 Å². The highest BCUT2D eigenvalue weighted by Crippen LogP contribution is 2.08. The van der Waals surface area contributed by atoms with E-state index in [0.29, 0.717) is 6.42 Å². The van der Waals surface area contributed by atoms with Gasteiger partial charge in [-0.3, -0.25) is 4.79 Å². The molecule has 0 aromatic rings. The van der Waals surface area contributed by atoms with Gasteiger partial charge in [0.05, 0.1) is 17.8 Å². The van der Waals surface area contributed by atoms with Gasteiger partial charge in [0, 0.05) is 5.41 Å². The number of thioether (sulfide) groups is 1. The third-order valence-corrected chi connectivity index (χ3v) is 4.27. The Morgan fingerprint density at radius 1 is 1.69 bits per heavy atom. The van der Waals surface area contributed by atoms with E-state index in [1.165, 1.54) is 6.08 Å². The van der Waals surface area contributed by atoms with Gasteiger partial charge >= 0.3 is 0 Å². The number of hydrogen-bond donors (Lipinski definition) is 2. The quantitative estimate of drug-likeness (QED) is 0.698. The molecule has 1 heterocycles. The Hall–Kier alpha value is -0.530. The summed E-state index contributed by atoms with van der Waals surface area (Å²) in [5, 5.41) is 3.73. The second-order valence-corrected chi connectivity index (χ2v) is 6.58. The molecule has 0 aromatic carbocycles. The standard InChI is InChI=1S/C9H16N2O3S2/c1-15-4-2-8(10)9(12)11-7-3-5-16(13,14)6-7/h3,5,7-8H,2,4,6,10H2,1H3,(H,11,12)/t7?,8-/m0/s1. The fourth-order valence-corrected chi connectivity index (χ4v) is 3.06. The van der Waals surface area contributed by atoms with Crippen molar-refractivity contribution in [3.63, 3.8) is 0 Å². The Kier molecular flexibility index (Phi) is 4.82. The number of carbonyl (C=O) groups excluding carboxylic acids is 1. The zero-order chi connectivity index (χ0) is 12.2. The van der Waals surface area contributed by atoms with E-state index in [1.54, 1.807) is 11.8 Å². The molecule has 1 unspecified atom stereocenters. The SMILES string of the molecule is CSCC[C@H](N)C(=O)NC1C=CS(=O)(=O)C1. The molecule has 0 aliphatic carbocycles. The predicted octanol–water partition coefficient (Wildman–Crippen LogP) is -0.506. The molecule has 0 saturated heterocycles. The summed E-state index contributed by atoms with van der Waals surface area (Å²) in [6.07, 6.45) is 4.02.